The minimum absolute atomic E-state index is 0.129. The Labute approximate surface area is 118 Å². The van der Waals surface area contributed by atoms with Gasteiger partial charge in [-0.25, -0.2) is 4.39 Å². The summed E-state index contributed by atoms with van der Waals surface area (Å²) in [5.41, 5.74) is 0.702. The van der Waals surface area contributed by atoms with Gasteiger partial charge >= 0.3 is 7.12 Å². The van der Waals surface area contributed by atoms with Crippen molar-refractivity contribution >= 4 is 12.6 Å². The Bertz CT molecular complexity index is 472. The van der Waals surface area contributed by atoms with Gasteiger partial charge in [-0.1, -0.05) is 19.4 Å². The molecule has 20 heavy (non-hydrogen) atoms. The van der Waals surface area contributed by atoms with Gasteiger partial charge in [0.2, 0.25) is 0 Å². The van der Waals surface area contributed by atoms with E-state index in [-0.39, 0.29) is 23.5 Å². The molecule has 6 heteroatoms. The SMILES string of the molecule is C[C@@]1(CO)CCC[C@H]1NCc1ccc(F)cc1B(O)O. The van der Waals surface area contributed by atoms with Crippen LogP contribution in [0.2, 0.25) is 0 Å². The molecule has 0 amide bonds. The lowest BCUT2D eigenvalue weighted by molar-refractivity contribution is 0.118. The number of halogens is 1. The Balaban J connectivity index is 2.08. The van der Waals surface area contributed by atoms with Crippen molar-refractivity contribution in [3.8, 4) is 0 Å². The molecule has 0 saturated heterocycles. The molecule has 2 rings (SSSR count). The highest BCUT2D eigenvalue weighted by molar-refractivity contribution is 6.59. The molecule has 110 valence electrons. The first kappa shape index (κ1) is 15.4. The van der Waals surface area contributed by atoms with Gasteiger partial charge in [-0.2, -0.15) is 0 Å². The summed E-state index contributed by atoms with van der Waals surface area (Å²) >= 11 is 0. The summed E-state index contributed by atoms with van der Waals surface area (Å²) in [5, 5.41) is 31.4. The summed E-state index contributed by atoms with van der Waals surface area (Å²) in [6, 6.07) is 4.19. The first-order chi connectivity index (χ1) is 9.46. The third-order valence-electron chi connectivity index (χ3n) is 4.37. The maximum absolute atomic E-state index is 13.2. The highest BCUT2D eigenvalue weighted by atomic mass is 19.1. The summed E-state index contributed by atoms with van der Waals surface area (Å²) < 4.78 is 13.2. The molecular formula is C14H21BFNO3. The molecular weight excluding hydrogens is 260 g/mol. The van der Waals surface area contributed by atoms with E-state index in [0.29, 0.717) is 12.1 Å². The summed E-state index contributed by atoms with van der Waals surface area (Å²) in [7, 11) is -1.68. The molecule has 2 atom stereocenters. The maximum Gasteiger partial charge on any atom is 0.488 e. The van der Waals surface area contributed by atoms with Crippen molar-refractivity contribution in [2.24, 2.45) is 5.41 Å². The molecule has 0 radical (unpaired) electrons. The molecule has 1 aliphatic carbocycles. The Hall–Kier alpha value is -0.945. The molecule has 0 heterocycles. The summed E-state index contributed by atoms with van der Waals surface area (Å²) in [6.07, 6.45) is 3.02. The van der Waals surface area contributed by atoms with Crippen LogP contribution < -0.4 is 10.8 Å². The fourth-order valence-electron chi connectivity index (χ4n) is 2.97. The first-order valence-electron chi connectivity index (χ1n) is 6.95. The van der Waals surface area contributed by atoms with Gasteiger partial charge in [0.25, 0.3) is 0 Å². The lowest BCUT2D eigenvalue weighted by atomic mass is 9.76. The number of aliphatic hydroxyl groups excluding tert-OH is 1. The van der Waals surface area contributed by atoms with Crippen LogP contribution in [-0.2, 0) is 6.54 Å². The molecule has 1 aromatic carbocycles. The standard InChI is InChI=1S/C14H21BFNO3/c1-14(9-18)6-2-3-13(14)17-8-10-4-5-11(16)7-12(10)15(19)20/h4-5,7,13,17-20H,2-3,6,8-9H2,1H3/t13-,14+/m1/s1. The molecule has 4 nitrogen and oxygen atoms in total. The highest BCUT2D eigenvalue weighted by Gasteiger charge is 2.37. The van der Waals surface area contributed by atoms with Crippen LogP contribution in [0.3, 0.4) is 0 Å². The fraction of sp³-hybridized carbons (Fsp3) is 0.571. The normalized spacial score (nSPS) is 25.9. The van der Waals surface area contributed by atoms with E-state index in [4.69, 9.17) is 0 Å². The Morgan fingerprint density at radius 2 is 2.20 bits per heavy atom. The van der Waals surface area contributed by atoms with E-state index in [2.05, 4.69) is 5.32 Å². The van der Waals surface area contributed by atoms with E-state index in [1.165, 1.54) is 6.07 Å². The zero-order valence-corrected chi connectivity index (χ0v) is 11.6. The monoisotopic (exact) mass is 281 g/mol. The van der Waals surface area contributed by atoms with Crippen LogP contribution in [0.15, 0.2) is 18.2 Å². The average molecular weight is 281 g/mol. The molecule has 1 aromatic rings. The quantitative estimate of drug-likeness (QED) is 0.580. The summed E-state index contributed by atoms with van der Waals surface area (Å²) in [5.74, 6) is -0.488. The van der Waals surface area contributed by atoms with Crippen molar-refractivity contribution in [3.05, 3.63) is 29.6 Å². The Morgan fingerprint density at radius 1 is 1.45 bits per heavy atom. The third-order valence-corrected chi connectivity index (χ3v) is 4.37. The number of aliphatic hydroxyl groups is 1. The molecule has 0 unspecified atom stereocenters. The number of hydrogen-bond acceptors (Lipinski definition) is 4. The van der Waals surface area contributed by atoms with E-state index in [1.54, 1.807) is 6.07 Å². The van der Waals surface area contributed by atoms with Crippen LogP contribution >= 0.6 is 0 Å². The van der Waals surface area contributed by atoms with Crippen LogP contribution in [0.25, 0.3) is 0 Å². The Morgan fingerprint density at radius 3 is 2.85 bits per heavy atom. The van der Waals surface area contributed by atoms with Gasteiger partial charge in [-0.05, 0) is 36.0 Å². The van der Waals surface area contributed by atoms with Crippen molar-refractivity contribution in [1.82, 2.24) is 5.32 Å². The predicted molar refractivity (Wildman–Crippen MR) is 75.9 cm³/mol. The molecule has 1 aliphatic rings. The van der Waals surface area contributed by atoms with Crippen molar-refractivity contribution < 1.29 is 19.5 Å². The lowest BCUT2D eigenvalue weighted by Gasteiger charge is -2.30. The van der Waals surface area contributed by atoms with Crippen LogP contribution in [-0.4, -0.2) is 34.9 Å². The van der Waals surface area contributed by atoms with E-state index in [9.17, 15) is 19.5 Å². The predicted octanol–water partition coefficient (Wildman–Crippen LogP) is 0.146. The number of benzene rings is 1. The largest absolute Gasteiger partial charge is 0.488 e. The van der Waals surface area contributed by atoms with E-state index >= 15 is 0 Å². The molecule has 0 aromatic heterocycles. The number of hydrogen-bond donors (Lipinski definition) is 4. The molecule has 0 spiro atoms. The highest BCUT2D eigenvalue weighted by Crippen LogP contribution is 2.37. The zero-order valence-electron chi connectivity index (χ0n) is 11.6. The van der Waals surface area contributed by atoms with Crippen LogP contribution in [0.5, 0.6) is 0 Å². The van der Waals surface area contributed by atoms with Gasteiger partial charge in [0.05, 0.1) is 0 Å². The van der Waals surface area contributed by atoms with Crippen LogP contribution in [0.4, 0.5) is 4.39 Å². The van der Waals surface area contributed by atoms with Gasteiger partial charge in [-0.3, -0.25) is 0 Å². The fourth-order valence-corrected chi connectivity index (χ4v) is 2.97. The lowest BCUT2D eigenvalue weighted by Crippen LogP contribution is -2.43. The molecule has 0 bridgehead atoms. The molecule has 1 saturated carbocycles. The Kier molecular flexibility index (Phi) is 4.80. The number of nitrogens with one attached hydrogen (secondary N) is 1. The van der Waals surface area contributed by atoms with Crippen LogP contribution in [0, 0.1) is 11.2 Å². The minimum atomic E-state index is -1.68. The average Bonchev–Trinajstić information content (AvgIpc) is 2.79. The van der Waals surface area contributed by atoms with Gasteiger partial charge in [0.1, 0.15) is 5.82 Å². The second kappa shape index (κ2) is 6.22. The summed E-state index contributed by atoms with van der Waals surface area (Å²) in [4.78, 5) is 0. The van der Waals surface area contributed by atoms with Crippen LogP contribution in [0.1, 0.15) is 31.7 Å². The third kappa shape index (κ3) is 3.20. The van der Waals surface area contributed by atoms with Gasteiger partial charge in [-0.15, -0.1) is 0 Å². The number of rotatable bonds is 5. The molecule has 4 N–H and O–H groups in total. The topological polar surface area (TPSA) is 72.7 Å². The zero-order chi connectivity index (χ0) is 14.8. The molecule has 1 fully saturated rings. The van der Waals surface area contributed by atoms with E-state index < -0.39 is 12.9 Å². The second-order valence-electron chi connectivity index (χ2n) is 5.85. The molecule has 0 aliphatic heterocycles. The van der Waals surface area contributed by atoms with Gasteiger partial charge < -0.3 is 20.5 Å². The van der Waals surface area contributed by atoms with Gasteiger partial charge in [0, 0.05) is 24.6 Å². The maximum atomic E-state index is 13.2. The van der Waals surface area contributed by atoms with E-state index in [1.807, 2.05) is 6.92 Å². The van der Waals surface area contributed by atoms with E-state index in [0.717, 1.165) is 25.3 Å². The second-order valence-corrected chi connectivity index (χ2v) is 5.85. The van der Waals surface area contributed by atoms with Crippen molar-refractivity contribution in [1.29, 1.82) is 0 Å². The van der Waals surface area contributed by atoms with Crippen molar-refractivity contribution in [3.63, 3.8) is 0 Å². The van der Waals surface area contributed by atoms with Crippen molar-refractivity contribution in [2.45, 2.75) is 38.8 Å². The minimum Gasteiger partial charge on any atom is -0.423 e. The smallest absolute Gasteiger partial charge is 0.423 e. The first-order valence-corrected chi connectivity index (χ1v) is 6.95. The summed E-state index contributed by atoms with van der Waals surface area (Å²) in [6.45, 7) is 2.60. The van der Waals surface area contributed by atoms with Gasteiger partial charge in [0.15, 0.2) is 0 Å². The van der Waals surface area contributed by atoms with Crippen molar-refractivity contribution in [2.75, 3.05) is 6.61 Å².